The normalized spacial score (nSPS) is 21.9. The van der Waals surface area contributed by atoms with Crippen LogP contribution in [0.1, 0.15) is 17.5 Å². The highest BCUT2D eigenvalue weighted by Gasteiger charge is 2.46. The van der Waals surface area contributed by atoms with Crippen LogP contribution >= 0.6 is 0 Å². The Morgan fingerprint density at radius 2 is 1.38 bits per heavy atom. The van der Waals surface area contributed by atoms with Gasteiger partial charge in [-0.15, -0.1) is 0 Å². The third-order valence-electron chi connectivity index (χ3n) is 5.69. The van der Waals surface area contributed by atoms with E-state index in [-0.39, 0.29) is 17.7 Å². The number of amides is 2. The molecule has 2 aromatic carbocycles. The molecular formula is C22H25F2N3O2. The minimum atomic E-state index is -0.666. The van der Waals surface area contributed by atoms with E-state index >= 15 is 0 Å². The highest BCUT2D eigenvalue weighted by atomic mass is 19.1. The van der Waals surface area contributed by atoms with Gasteiger partial charge in [-0.25, -0.2) is 8.78 Å². The van der Waals surface area contributed by atoms with Crippen molar-refractivity contribution in [3.8, 4) is 0 Å². The zero-order valence-electron chi connectivity index (χ0n) is 16.1. The molecule has 0 aliphatic carbocycles. The molecule has 1 aliphatic rings. The number of primary amides is 2. The first kappa shape index (κ1) is 20.9. The summed E-state index contributed by atoms with van der Waals surface area (Å²) in [5, 5.41) is 0. The fraction of sp³-hybridized carbons (Fsp3) is 0.364. The number of aryl methyl sites for hydroxylation is 1. The number of nitrogens with two attached hydrogens (primary N) is 2. The molecule has 3 rings (SSSR count). The monoisotopic (exact) mass is 401 g/mol. The van der Waals surface area contributed by atoms with Gasteiger partial charge >= 0.3 is 0 Å². The summed E-state index contributed by atoms with van der Waals surface area (Å²) in [5.74, 6) is -2.99. The molecule has 154 valence electrons. The molecule has 3 unspecified atom stereocenters. The summed E-state index contributed by atoms with van der Waals surface area (Å²) in [5.41, 5.74) is 13.1. The Hall–Kier alpha value is -2.80. The predicted octanol–water partition coefficient (Wildman–Crippen LogP) is 2.03. The largest absolute Gasteiger partial charge is 0.369 e. The maximum atomic E-state index is 13.1. The van der Waals surface area contributed by atoms with E-state index in [0.717, 1.165) is 11.1 Å². The molecule has 0 bridgehead atoms. The molecule has 1 heterocycles. The number of rotatable bonds is 8. The zero-order chi connectivity index (χ0) is 21.0. The predicted molar refractivity (Wildman–Crippen MR) is 106 cm³/mol. The van der Waals surface area contributed by atoms with Crippen LogP contribution in [-0.2, 0) is 22.4 Å². The van der Waals surface area contributed by atoms with Crippen molar-refractivity contribution in [1.29, 1.82) is 0 Å². The third kappa shape index (κ3) is 5.17. The molecule has 1 saturated heterocycles. The standard InChI is InChI=1S/C22H25F2N3O2/c23-16-6-1-14(2-7-16)5-10-19-20(22(26)29)18(21(25)28)13-27(19)12-11-15-3-8-17(24)9-4-15/h1-4,6-9,18-20H,5,10-13H2,(H2,25,28)(H2,26,29). The van der Waals surface area contributed by atoms with Crippen LogP contribution in [0.15, 0.2) is 48.5 Å². The SMILES string of the molecule is NC(=O)C1CN(CCc2ccc(F)cc2)C(CCc2ccc(F)cc2)C1C(N)=O. The number of likely N-dealkylation sites (tertiary alicyclic amines) is 1. The van der Waals surface area contributed by atoms with Gasteiger partial charge in [0, 0.05) is 19.1 Å². The lowest BCUT2D eigenvalue weighted by Gasteiger charge is -2.27. The first-order valence-corrected chi connectivity index (χ1v) is 9.66. The smallest absolute Gasteiger partial charge is 0.222 e. The molecule has 3 atom stereocenters. The minimum Gasteiger partial charge on any atom is -0.369 e. The van der Waals surface area contributed by atoms with Gasteiger partial charge in [0.1, 0.15) is 11.6 Å². The highest BCUT2D eigenvalue weighted by Crippen LogP contribution is 2.33. The second-order valence-electron chi connectivity index (χ2n) is 7.54. The summed E-state index contributed by atoms with van der Waals surface area (Å²) in [6.45, 7) is 0.950. The van der Waals surface area contributed by atoms with E-state index in [1.54, 1.807) is 24.3 Å². The Morgan fingerprint density at radius 1 is 0.862 bits per heavy atom. The number of hydrogen-bond acceptors (Lipinski definition) is 3. The Labute approximate surface area is 168 Å². The molecule has 2 aromatic rings. The second kappa shape index (κ2) is 9.13. The Balaban J connectivity index is 1.75. The van der Waals surface area contributed by atoms with E-state index in [1.165, 1.54) is 24.3 Å². The molecule has 29 heavy (non-hydrogen) atoms. The molecule has 0 spiro atoms. The Morgan fingerprint density at radius 3 is 1.86 bits per heavy atom. The van der Waals surface area contributed by atoms with Crippen molar-refractivity contribution in [1.82, 2.24) is 4.90 Å². The van der Waals surface area contributed by atoms with E-state index in [2.05, 4.69) is 4.90 Å². The number of benzene rings is 2. The summed E-state index contributed by atoms with van der Waals surface area (Å²) < 4.78 is 26.3. The van der Waals surface area contributed by atoms with Crippen LogP contribution in [0.25, 0.3) is 0 Å². The van der Waals surface area contributed by atoms with Gasteiger partial charge in [-0.2, -0.15) is 0 Å². The zero-order valence-corrected chi connectivity index (χ0v) is 16.1. The molecule has 0 saturated carbocycles. The van der Waals surface area contributed by atoms with Crippen LogP contribution in [0.4, 0.5) is 8.78 Å². The molecule has 1 aliphatic heterocycles. The van der Waals surface area contributed by atoms with Gasteiger partial charge in [-0.05, 0) is 54.7 Å². The Kier molecular flexibility index (Phi) is 6.59. The van der Waals surface area contributed by atoms with E-state index in [1.807, 2.05) is 0 Å². The molecule has 4 N–H and O–H groups in total. The summed E-state index contributed by atoms with van der Waals surface area (Å²) in [6, 6.07) is 12.2. The molecule has 2 amide bonds. The van der Waals surface area contributed by atoms with Gasteiger partial charge in [0.2, 0.25) is 11.8 Å². The van der Waals surface area contributed by atoms with E-state index in [0.29, 0.717) is 32.4 Å². The van der Waals surface area contributed by atoms with Gasteiger partial charge in [-0.1, -0.05) is 24.3 Å². The fourth-order valence-electron chi connectivity index (χ4n) is 4.16. The lowest BCUT2D eigenvalue weighted by Crippen LogP contribution is -2.42. The average molecular weight is 401 g/mol. The van der Waals surface area contributed by atoms with E-state index in [4.69, 9.17) is 11.5 Å². The summed E-state index contributed by atoms with van der Waals surface area (Å²) in [4.78, 5) is 26.1. The van der Waals surface area contributed by atoms with Crippen molar-refractivity contribution in [2.45, 2.75) is 25.3 Å². The molecular weight excluding hydrogens is 376 g/mol. The first-order chi connectivity index (χ1) is 13.8. The highest BCUT2D eigenvalue weighted by molar-refractivity contribution is 5.87. The van der Waals surface area contributed by atoms with Crippen molar-refractivity contribution >= 4 is 11.8 Å². The lowest BCUT2D eigenvalue weighted by atomic mass is 9.86. The van der Waals surface area contributed by atoms with Crippen LogP contribution in [0, 0.1) is 23.5 Å². The second-order valence-corrected chi connectivity index (χ2v) is 7.54. The van der Waals surface area contributed by atoms with Gasteiger partial charge in [0.25, 0.3) is 0 Å². The average Bonchev–Trinajstić information content (AvgIpc) is 3.06. The molecule has 1 fully saturated rings. The lowest BCUT2D eigenvalue weighted by molar-refractivity contribution is -0.130. The summed E-state index contributed by atoms with van der Waals surface area (Å²) >= 11 is 0. The quantitative estimate of drug-likeness (QED) is 0.709. The van der Waals surface area contributed by atoms with Crippen molar-refractivity contribution < 1.29 is 18.4 Å². The maximum Gasteiger partial charge on any atom is 0.222 e. The Bertz CT molecular complexity index is 855. The van der Waals surface area contributed by atoms with Crippen LogP contribution < -0.4 is 11.5 Å². The van der Waals surface area contributed by atoms with Crippen molar-refractivity contribution in [2.75, 3.05) is 13.1 Å². The van der Waals surface area contributed by atoms with Crippen LogP contribution in [0.5, 0.6) is 0 Å². The van der Waals surface area contributed by atoms with E-state index < -0.39 is 23.7 Å². The number of carbonyl (C=O) groups excluding carboxylic acids is 2. The minimum absolute atomic E-state index is 0.240. The van der Waals surface area contributed by atoms with Crippen LogP contribution in [0.2, 0.25) is 0 Å². The number of carbonyl (C=O) groups is 2. The fourth-order valence-corrected chi connectivity index (χ4v) is 4.16. The van der Waals surface area contributed by atoms with Gasteiger partial charge < -0.3 is 11.5 Å². The maximum absolute atomic E-state index is 13.1. The molecule has 0 radical (unpaired) electrons. The van der Waals surface area contributed by atoms with Crippen molar-refractivity contribution in [2.24, 2.45) is 23.3 Å². The van der Waals surface area contributed by atoms with Gasteiger partial charge in [0.05, 0.1) is 11.8 Å². The van der Waals surface area contributed by atoms with Gasteiger partial charge in [-0.3, -0.25) is 14.5 Å². The van der Waals surface area contributed by atoms with Crippen molar-refractivity contribution in [3.63, 3.8) is 0 Å². The number of hydrogen-bond donors (Lipinski definition) is 2. The molecule has 0 aromatic heterocycles. The summed E-state index contributed by atoms with van der Waals surface area (Å²) in [6.07, 6.45) is 1.85. The molecule has 7 heteroatoms. The summed E-state index contributed by atoms with van der Waals surface area (Å²) in [7, 11) is 0. The molecule has 5 nitrogen and oxygen atoms in total. The first-order valence-electron chi connectivity index (χ1n) is 9.66. The van der Waals surface area contributed by atoms with Gasteiger partial charge in [0.15, 0.2) is 0 Å². The van der Waals surface area contributed by atoms with E-state index in [9.17, 15) is 18.4 Å². The van der Waals surface area contributed by atoms with Crippen LogP contribution in [0.3, 0.4) is 0 Å². The third-order valence-corrected chi connectivity index (χ3v) is 5.69. The topological polar surface area (TPSA) is 89.4 Å². The van der Waals surface area contributed by atoms with Crippen molar-refractivity contribution in [3.05, 3.63) is 71.3 Å². The number of nitrogens with zero attached hydrogens (tertiary/aromatic N) is 1. The van der Waals surface area contributed by atoms with Crippen LogP contribution in [-0.4, -0.2) is 35.8 Å². The number of halogens is 2.